The highest BCUT2D eigenvalue weighted by Crippen LogP contribution is 2.44. The van der Waals surface area contributed by atoms with Crippen molar-refractivity contribution in [3.05, 3.63) is 52.8 Å². The Bertz CT molecular complexity index is 1290. The monoisotopic (exact) mass is 464 g/mol. The van der Waals surface area contributed by atoms with E-state index >= 15 is 0 Å². The summed E-state index contributed by atoms with van der Waals surface area (Å²) in [5.74, 6) is -0.0311. The second-order valence-electron chi connectivity index (χ2n) is 10.3. The molecular weight excluding hydrogens is 435 g/mol. The molecule has 0 aliphatic carbocycles. The fourth-order valence-electron chi connectivity index (χ4n) is 5.51. The Morgan fingerprint density at radius 3 is 2.41 bits per heavy atom. The van der Waals surface area contributed by atoms with Crippen LogP contribution in [-0.2, 0) is 7.05 Å². The van der Waals surface area contributed by atoms with Gasteiger partial charge in [-0.25, -0.2) is 9.37 Å². The van der Waals surface area contributed by atoms with Crippen molar-refractivity contribution < 1.29 is 9.50 Å². The summed E-state index contributed by atoms with van der Waals surface area (Å²) >= 11 is 0. The number of phenols is 1. The second-order valence-corrected chi connectivity index (χ2v) is 10.3. The van der Waals surface area contributed by atoms with Crippen LogP contribution in [0.2, 0.25) is 0 Å². The van der Waals surface area contributed by atoms with Gasteiger partial charge in [-0.05, 0) is 63.8 Å². The van der Waals surface area contributed by atoms with Gasteiger partial charge in [0, 0.05) is 48.4 Å². The lowest BCUT2D eigenvalue weighted by Crippen LogP contribution is -2.58. The predicted octanol–water partition coefficient (Wildman–Crippen LogP) is 3.25. The molecule has 2 N–H and O–H groups in total. The Hall–Kier alpha value is -3.33. The van der Waals surface area contributed by atoms with Crippen LogP contribution in [0.25, 0.3) is 22.5 Å². The van der Waals surface area contributed by atoms with Gasteiger partial charge in [-0.15, -0.1) is 10.2 Å². The van der Waals surface area contributed by atoms with Crippen molar-refractivity contribution >= 4 is 5.82 Å². The molecule has 0 saturated carbocycles. The van der Waals surface area contributed by atoms with Crippen LogP contribution in [0.5, 0.6) is 5.75 Å². The van der Waals surface area contributed by atoms with Crippen LogP contribution >= 0.6 is 0 Å². The van der Waals surface area contributed by atoms with Gasteiger partial charge in [-0.2, -0.15) is 0 Å². The van der Waals surface area contributed by atoms with E-state index in [9.17, 15) is 14.3 Å². The first-order chi connectivity index (χ1) is 16.1. The van der Waals surface area contributed by atoms with Gasteiger partial charge in [0.25, 0.3) is 5.56 Å². The highest BCUT2D eigenvalue weighted by Gasteiger charge is 2.49. The van der Waals surface area contributed by atoms with Gasteiger partial charge in [0.2, 0.25) is 0 Å². The van der Waals surface area contributed by atoms with Gasteiger partial charge in [0.05, 0.1) is 17.7 Å². The molecule has 2 fully saturated rings. The second kappa shape index (κ2) is 7.87. The molecule has 8 nitrogen and oxygen atoms in total. The zero-order chi connectivity index (χ0) is 24.3. The summed E-state index contributed by atoms with van der Waals surface area (Å²) in [5, 5.41) is 23.1. The molecule has 4 heterocycles. The van der Waals surface area contributed by atoms with Gasteiger partial charge >= 0.3 is 0 Å². The third-order valence-corrected chi connectivity index (χ3v) is 7.38. The number of rotatable bonds is 4. The fraction of sp³-hybridized carbons (Fsp3) is 0.440. The Morgan fingerprint density at radius 1 is 1.09 bits per heavy atom. The molecule has 2 aliphatic rings. The molecule has 34 heavy (non-hydrogen) atoms. The number of aromatic nitrogens is 4. The lowest BCUT2D eigenvalue weighted by atomic mass is 9.84. The average Bonchev–Trinajstić information content (AvgIpc) is 3.03. The number of piperidine rings is 1. The zero-order valence-electron chi connectivity index (χ0n) is 19.8. The molecule has 1 aromatic carbocycles. The summed E-state index contributed by atoms with van der Waals surface area (Å²) in [7, 11) is 3.60. The summed E-state index contributed by atoms with van der Waals surface area (Å²) in [6.07, 6.45) is 5.73. The minimum Gasteiger partial charge on any atom is -0.507 e. The molecule has 9 heteroatoms. The van der Waals surface area contributed by atoms with Crippen LogP contribution in [0.3, 0.4) is 0 Å². The third-order valence-electron chi connectivity index (χ3n) is 7.38. The number of hydrogen-bond acceptors (Lipinski definition) is 7. The number of benzene rings is 1. The van der Waals surface area contributed by atoms with Gasteiger partial charge < -0.3 is 19.9 Å². The van der Waals surface area contributed by atoms with Crippen molar-refractivity contribution in [2.45, 2.75) is 56.7 Å². The number of aromatic hydroxyl groups is 1. The molecule has 3 atom stereocenters. The van der Waals surface area contributed by atoms with E-state index < -0.39 is 5.82 Å². The Kier molecular flexibility index (Phi) is 5.20. The maximum absolute atomic E-state index is 14.9. The minimum atomic E-state index is -0.608. The summed E-state index contributed by atoms with van der Waals surface area (Å²) < 4.78 is 16.2. The van der Waals surface area contributed by atoms with Crippen LogP contribution in [0.15, 0.2) is 41.5 Å². The molecule has 3 aromatic rings. The van der Waals surface area contributed by atoms with Crippen molar-refractivity contribution in [2.75, 3.05) is 11.9 Å². The van der Waals surface area contributed by atoms with E-state index in [1.807, 2.05) is 13.1 Å². The molecule has 1 unspecified atom stereocenters. The fourth-order valence-corrected chi connectivity index (χ4v) is 5.51. The first-order valence-electron chi connectivity index (χ1n) is 11.5. The van der Waals surface area contributed by atoms with Gasteiger partial charge in [-0.3, -0.25) is 4.79 Å². The number of phenolic OH excluding ortho intramolecular Hbond substituents is 1. The topological polar surface area (TPSA) is 96.2 Å². The van der Waals surface area contributed by atoms with E-state index in [4.69, 9.17) is 0 Å². The third kappa shape index (κ3) is 3.94. The molecule has 0 spiro atoms. The van der Waals surface area contributed by atoms with E-state index in [2.05, 4.69) is 39.2 Å². The largest absolute Gasteiger partial charge is 0.507 e. The zero-order valence-corrected chi connectivity index (χ0v) is 19.8. The van der Waals surface area contributed by atoms with E-state index in [1.165, 1.54) is 41.9 Å². The number of aryl methyl sites for hydroxylation is 1. The smallest absolute Gasteiger partial charge is 0.253 e. The lowest BCUT2D eigenvalue weighted by Gasteiger charge is -2.45. The number of anilines is 1. The van der Waals surface area contributed by atoms with Crippen molar-refractivity contribution in [3.63, 3.8) is 0 Å². The minimum absolute atomic E-state index is 0.0470. The van der Waals surface area contributed by atoms with Crippen molar-refractivity contribution in [2.24, 2.45) is 7.05 Å². The van der Waals surface area contributed by atoms with E-state index in [-0.39, 0.29) is 39.2 Å². The average molecular weight is 465 g/mol. The summed E-state index contributed by atoms with van der Waals surface area (Å²) in [5.41, 5.74) is 0.760. The molecule has 2 bridgehead atoms. The van der Waals surface area contributed by atoms with Crippen molar-refractivity contribution in [1.29, 1.82) is 0 Å². The lowest BCUT2D eigenvalue weighted by molar-refractivity contribution is 0.207. The molecular formula is C25H29FN6O2. The number of fused-ring (bicyclic) bond motifs is 2. The number of hydrogen-bond donors (Lipinski definition) is 2. The highest BCUT2D eigenvalue weighted by atomic mass is 19.1. The van der Waals surface area contributed by atoms with E-state index in [1.54, 1.807) is 13.1 Å². The Balaban J connectivity index is 1.40. The van der Waals surface area contributed by atoms with E-state index in [0.717, 1.165) is 18.7 Å². The summed E-state index contributed by atoms with van der Waals surface area (Å²) in [4.78, 5) is 18.1. The van der Waals surface area contributed by atoms with Gasteiger partial charge in [-0.1, -0.05) is 0 Å². The van der Waals surface area contributed by atoms with Crippen LogP contribution in [0.4, 0.5) is 10.2 Å². The number of halogens is 1. The van der Waals surface area contributed by atoms with Crippen LogP contribution in [0, 0.1) is 5.82 Å². The van der Waals surface area contributed by atoms with Gasteiger partial charge in [0.15, 0.2) is 5.82 Å². The maximum Gasteiger partial charge on any atom is 0.253 e. The standard InChI is InChI=1S/C25H29FN6O2/c1-24-7-8-25(2,30-24)13-15(12-24)32(4)22-6-5-19(28-29-22)17-9-18(26)16(10-21(17)33)20-11-23(34)31(3)14-27-20/h5-6,9-11,14-15,30,33H,7-8,12-13H2,1-4H3/t15?,24-,25+. The quantitative estimate of drug-likeness (QED) is 0.612. The van der Waals surface area contributed by atoms with Crippen LogP contribution < -0.4 is 15.8 Å². The van der Waals surface area contributed by atoms with E-state index in [0.29, 0.717) is 11.7 Å². The van der Waals surface area contributed by atoms with Crippen molar-refractivity contribution in [1.82, 2.24) is 25.1 Å². The predicted molar refractivity (Wildman–Crippen MR) is 128 cm³/mol. The van der Waals surface area contributed by atoms with Gasteiger partial charge in [0.1, 0.15) is 11.6 Å². The first-order valence-corrected chi connectivity index (χ1v) is 11.5. The first kappa shape index (κ1) is 22.5. The number of nitrogens with one attached hydrogen (secondary N) is 1. The number of nitrogens with zero attached hydrogens (tertiary/aromatic N) is 5. The molecule has 178 valence electrons. The Labute approximate surface area is 197 Å². The maximum atomic E-state index is 14.9. The summed E-state index contributed by atoms with van der Waals surface area (Å²) in [6, 6.07) is 7.63. The molecule has 2 aromatic heterocycles. The van der Waals surface area contributed by atoms with Crippen LogP contribution in [-0.4, -0.2) is 49.0 Å². The molecule has 2 saturated heterocycles. The molecule has 5 rings (SSSR count). The molecule has 2 aliphatic heterocycles. The SMILES string of the molecule is CN(c1ccc(-c2cc(F)c(-c3cc(=O)n(C)cn3)cc2O)nn1)C1C[C@]2(C)CC[C@](C)(C1)N2. The molecule has 0 radical (unpaired) electrons. The van der Waals surface area contributed by atoms with Crippen LogP contribution in [0.1, 0.15) is 39.5 Å². The molecule has 0 amide bonds. The Morgan fingerprint density at radius 2 is 1.79 bits per heavy atom. The summed E-state index contributed by atoms with van der Waals surface area (Å²) in [6.45, 7) is 4.58. The van der Waals surface area contributed by atoms with Crippen molar-refractivity contribution in [3.8, 4) is 28.3 Å². The highest BCUT2D eigenvalue weighted by molar-refractivity contribution is 5.73. The normalized spacial score (nSPS) is 26.0.